The summed E-state index contributed by atoms with van der Waals surface area (Å²) in [5, 5.41) is 85.3. The number of carboxylic acid groups (broad SMARTS) is 1. The number of rotatable bonds is 59. The van der Waals surface area contributed by atoms with Gasteiger partial charge < -0.3 is 140 Å². The number of unbranched alkanes of at least 4 members (excludes halogenated alkanes) is 2. The summed E-state index contributed by atoms with van der Waals surface area (Å²) >= 11 is 0. The zero-order valence-electron chi connectivity index (χ0n) is 71.9. The van der Waals surface area contributed by atoms with Gasteiger partial charge in [-0.1, -0.05) is 107 Å². The number of guanidine groups is 3. The highest BCUT2D eigenvalue weighted by Gasteiger charge is 2.38. The first kappa shape index (κ1) is 105. The fourth-order valence-electron chi connectivity index (χ4n) is 13.1. The van der Waals surface area contributed by atoms with Gasteiger partial charge in [0.05, 0.1) is 19.2 Å². The summed E-state index contributed by atoms with van der Waals surface area (Å²) in [6.07, 6.45) is 1.89. The van der Waals surface area contributed by atoms with Crippen molar-refractivity contribution in [2.75, 3.05) is 45.9 Å². The molecule has 14 amide bonds. The molecule has 0 aliphatic heterocycles. The third-order valence-corrected chi connectivity index (χ3v) is 20.1. The Labute approximate surface area is 730 Å². The largest absolute Gasteiger partial charge is 0.480 e. The van der Waals surface area contributed by atoms with Gasteiger partial charge in [0, 0.05) is 62.4 Å². The molecule has 13 atom stereocenters. The van der Waals surface area contributed by atoms with Gasteiger partial charge >= 0.3 is 5.97 Å². The standard InChI is InChI=1S/C82H129N27O17/c1-45(2)65(108-68(114)52(85)26-18-36-93-80(87)88)77(123)102-57(32-33-63(86)111)69(115)97-43-64(112)99-54(30-19-37-94-81(89)90)71(117)106-61(41-50-42-96-53-27-13-12-25-51(50)53)75(121)100-55(28-14-16-34-83)72(118)109-66(46(3)4)78(124)101-56(31-20-38-95-82(91)92)70(116)98-47(5)67(113)107-62(44-110)76(122)105-60(40-49-23-10-7-11-24-49)74(120)104-59(39-48-21-8-6-9-22-48)73(119)103-58(79(125)126)29-15-17-35-84/h6-13,21-25,27,42,45-47,52,54-62,65-66,96,110H,14-20,26,28-41,43-44,83-85H2,1-5H3,(H2,86,111)(H,97,115)(H,98,116)(H,99,112)(H,100,121)(H,101,124)(H,102,123)(H,103,119)(H,104,120)(H,105,122)(H,106,117)(H,107,113)(H,108,114)(H,109,118)(H,125,126)(H4,87,88,93)(H4,89,90,94)(H4,91,92,95)/t47-,52-,54-,55-,56-,57-,58-,59-,60-,61-,62-,65-,66-/m0/s1. The monoisotopic (exact) mass is 1760 g/mol. The number of benzene rings is 3. The molecule has 44 heteroatoms. The third-order valence-electron chi connectivity index (χ3n) is 20.1. The summed E-state index contributed by atoms with van der Waals surface area (Å²) in [4.78, 5) is 213. The smallest absolute Gasteiger partial charge is 0.326 e. The molecule has 0 spiro atoms. The lowest BCUT2D eigenvalue weighted by molar-refractivity contribution is -0.142. The number of fused-ring (bicyclic) bond motifs is 1. The van der Waals surface area contributed by atoms with E-state index in [2.05, 4.69) is 90.1 Å². The Bertz CT molecular complexity index is 4290. The lowest BCUT2D eigenvalue weighted by Gasteiger charge is -2.29. The molecule has 36 N–H and O–H groups in total. The number of amides is 14. The van der Waals surface area contributed by atoms with Crippen LogP contribution < -0.4 is 125 Å². The Morgan fingerprint density at radius 2 is 0.754 bits per heavy atom. The maximum Gasteiger partial charge on any atom is 0.326 e. The number of aliphatic hydroxyl groups excluding tert-OH is 1. The number of nitrogens with two attached hydrogens (primary N) is 7. The summed E-state index contributed by atoms with van der Waals surface area (Å²) in [7, 11) is 0. The average molecular weight is 1770 g/mol. The predicted molar refractivity (Wildman–Crippen MR) is 468 cm³/mol. The molecule has 0 fully saturated rings. The molecule has 3 aromatic carbocycles. The van der Waals surface area contributed by atoms with Crippen LogP contribution in [0.3, 0.4) is 0 Å². The fourth-order valence-corrected chi connectivity index (χ4v) is 13.1. The van der Waals surface area contributed by atoms with E-state index < -0.39 is 211 Å². The minimum atomic E-state index is -1.79. The van der Waals surface area contributed by atoms with Crippen LogP contribution >= 0.6 is 0 Å². The molecule has 0 bridgehead atoms. The topological polar surface area (TPSA) is 758 Å². The first-order chi connectivity index (χ1) is 59.9. The Morgan fingerprint density at radius 1 is 0.381 bits per heavy atom. The second kappa shape index (κ2) is 55.9. The highest BCUT2D eigenvalue weighted by molar-refractivity contribution is 6.00. The summed E-state index contributed by atoms with van der Waals surface area (Å²) in [5.41, 5.74) is 41.8. The number of carbonyl (C=O) groups excluding carboxylic acids is 14. The molecular formula is C82H129N27O17. The molecule has 44 nitrogen and oxygen atoms in total. The maximum absolute atomic E-state index is 15.1. The average Bonchev–Trinajstić information content (AvgIpc) is 1.35. The van der Waals surface area contributed by atoms with Gasteiger partial charge in [-0.15, -0.1) is 0 Å². The van der Waals surface area contributed by atoms with Gasteiger partial charge in [0.15, 0.2) is 17.9 Å². The molecule has 0 saturated heterocycles. The molecular weight excluding hydrogens is 1640 g/mol. The summed E-state index contributed by atoms with van der Waals surface area (Å²) in [6.45, 7) is 6.43. The SMILES string of the molecule is CC(C)[C@H](NC(=O)[C@H](CCCCN)NC(=O)[C@H](Cc1c[nH]c2ccccc12)NC(=O)[C@H](CCCNC(=N)N)NC(=O)CNC(=O)[C@H](CCC(N)=O)NC(=O)[C@@H](NC(=O)[C@@H](N)CCCNC(=N)N)C(C)C)C(=O)N[C@@H](CCCNC(=N)N)C(=O)N[C@@H](C)C(=O)N[C@@H](CO)C(=O)N[C@@H](Cc1ccccc1)C(=O)N[C@@H](Cc1ccccc1)C(=O)N[C@@H](CCCCN)C(=O)O. The van der Waals surface area contributed by atoms with Gasteiger partial charge in [0.25, 0.3) is 0 Å². The van der Waals surface area contributed by atoms with Crippen LogP contribution in [0, 0.1) is 28.1 Å². The van der Waals surface area contributed by atoms with Crippen LogP contribution in [0.5, 0.6) is 0 Å². The van der Waals surface area contributed by atoms with Crippen LogP contribution in [0.1, 0.15) is 141 Å². The van der Waals surface area contributed by atoms with Crippen LogP contribution in [-0.4, -0.2) is 246 Å². The third kappa shape index (κ3) is 38.8. The minimum absolute atomic E-state index is 0.00733. The quantitative estimate of drug-likeness (QED) is 0.0111. The van der Waals surface area contributed by atoms with Gasteiger partial charge in [0.1, 0.15) is 72.5 Å². The van der Waals surface area contributed by atoms with Gasteiger partial charge in [-0.05, 0) is 138 Å². The highest BCUT2D eigenvalue weighted by atomic mass is 16.4. The molecule has 0 unspecified atom stereocenters. The number of carboxylic acids is 1. The van der Waals surface area contributed by atoms with E-state index in [4.69, 9.17) is 56.4 Å². The van der Waals surface area contributed by atoms with Crippen molar-refractivity contribution in [1.82, 2.24) is 90.1 Å². The Kier molecular flexibility index (Phi) is 46.7. The van der Waals surface area contributed by atoms with Crippen molar-refractivity contribution in [3.8, 4) is 0 Å². The first-order valence-corrected chi connectivity index (χ1v) is 41.9. The number of H-pyrrole nitrogens is 1. The van der Waals surface area contributed by atoms with Crippen molar-refractivity contribution in [2.45, 2.75) is 222 Å². The van der Waals surface area contributed by atoms with Crippen molar-refractivity contribution in [3.63, 3.8) is 0 Å². The Hall–Kier alpha value is -13.1. The van der Waals surface area contributed by atoms with Crippen molar-refractivity contribution < 1.29 is 82.1 Å². The van der Waals surface area contributed by atoms with Crippen LogP contribution in [0.4, 0.5) is 0 Å². The fraction of sp³-hybridized carbons (Fsp3) is 0.537. The first-order valence-electron chi connectivity index (χ1n) is 41.9. The molecule has 0 saturated carbocycles. The molecule has 0 aliphatic rings. The summed E-state index contributed by atoms with van der Waals surface area (Å²) in [5.74, 6) is -16.6. The zero-order chi connectivity index (χ0) is 93.5. The second-order valence-electron chi connectivity index (χ2n) is 31.1. The number of hydrogen-bond acceptors (Lipinski definition) is 22. The van der Waals surface area contributed by atoms with Crippen molar-refractivity contribution in [2.24, 2.45) is 52.0 Å². The number of aromatic nitrogens is 1. The Morgan fingerprint density at radius 3 is 1.21 bits per heavy atom. The number of carbonyl (C=O) groups is 15. The van der Waals surface area contributed by atoms with E-state index in [1.54, 1.807) is 119 Å². The van der Waals surface area contributed by atoms with Crippen LogP contribution in [0.2, 0.25) is 0 Å². The summed E-state index contributed by atoms with van der Waals surface area (Å²) in [6, 6.07) is 5.02. The molecule has 1 aromatic heterocycles. The molecule has 0 radical (unpaired) electrons. The van der Waals surface area contributed by atoms with Crippen LogP contribution in [0.25, 0.3) is 10.9 Å². The van der Waals surface area contributed by atoms with E-state index in [-0.39, 0.29) is 116 Å². The lowest BCUT2D eigenvalue weighted by Crippen LogP contribution is -2.61. The number of aromatic amines is 1. The predicted octanol–water partition coefficient (Wildman–Crippen LogP) is -5.82. The molecule has 4 aromatic rings. The molecule has 0 aliphatic carbocycles. The van der Waals surface area contributed by atoms with Crippen molar-refractivity contribution in [1.29, 1.82) is 16.2 Å². The van der Waals surface area contributed by atoms with Gasteiger partial charge in [-0.25, -0.2) is 4.79 Å². The second-order valence-corrected chi connectivity index (χ2v) is 31.1. The number of aliphatic carboxylic acids is 1. The zero-order valence-corrected chi connectivity index (χ0v) is 71.9. The molecule has 1 heterocycles. The molecule has 694 valence electrons. The molecule has 126 heavy (non-hydrogen) atoms. The highest BCUT2D eigenvalue weighted by Crippen LogP contribution is 2.21. The normalized spacial score (nSPS) is 14.2. The van der Waals surface area contributed by atoms with Crippen LogP contribution in [0.15, 0.2) is 91.1 Å². The molecule has 4 rings (SSSR count). The number of hydrogen-bond donors (Lipinski definition) is 29. The van der Waals surface area contributed by atoms with Crippen LogP contribution in [-0.2, 0) is 91.2 Å². The lowest BCUT2D eigenvalue weighted by atomic mass is 10.00. The van der Waals surface area contributed by atoms with E-state index in [1.807, 2.05) is 0 Å². The minimum Gasteiger partial charge on any atom is -0.480 e. The van der Waals surface area contributed by atoms with E-state index in [9.17, 15) is 77.3 Å². The van der Waals surface area contributed by atoms with E-state index >= 15 is 4.79 Å². The Balaban J connectivity index is 1.60. The van der Waals surface area contributed by atoms with Gasteiger partial charge in [-0.3, -0.25) is 83.4 Å². The number of primary amides is 1. The number of aliphatic hydroxyl groups is 1. The summed E-state index contributed by atoms with van der Waals surface area (Å²) < 4.78 is 0. The van der Waals surface area contributed by atoms with E-state index in [1.165, 1.54) is 6.92 Å². The van der Waals surface area contributed by atoms with Gasteiger partial charge in [-0.2, -0.15) is 0 Å². The van der Waals surface area contributed by atoms with Crippen molar-refractivity contribution >= 4 is 117 Å². The van der Waals surface area contributed by atoms with E-state index in [0.29, 0.717) is 53.3 Å². The van der Waals surface area contributed by atoms with Gasteiger partial charge in [0.2, 0.25) is 82.7 Å². The maximum atomic E-state index is 15.1. The van der Waals surface area contributed by atoms with E-state index in [0.717, 1.165) is 0 Å². The number of nitrogens with one attached hydrogen (secondary N) is 20. The van der Waals surface area contributed by atoms with Crippen molar-refractivity contribution in [3.05, 3.63) is 108 Å². The number of para-hydroxylation sites is 1.